The van der Waals surface area contributed by atoms with Crippen LogP contribution < -0.4 is 11.2 Å². The van der Waals surface area contributed by atoms with Gasteiger partial charge in [0.15, 0.2) is 6.23 Å². The fraction of sp³-hybridized carbons (Fsp3) is 0.600. The number of thioether (sulfide) groups is 1. The molecular formula is C10H14N2O6S. The molecule has 2 rings (SSSR count). The van der Waals surface area contributed by atoms with Gasteiger partial charge in [-0.15, -0.1) is 11.8 Å². The molecule has 19 heavy (non-hydrogen) atoms. The molecule has 1 aliphatic heterocycles. The van der Waals surface area contributed by atoms with Gasteiger partial charge >= 0.3 is 5.69 Å². The van der Waals surface area contributed by atoms with Crippen LogP contribution in [0.2, 0.25) is 0 Å². The molecule has 9 heteroatoms. The van der Waals surface area contributed by atoms with Crippen molar-refractivity contribution in [2.45, 2.75) is 29.6 Å². The van der Waals surface area contributed by atoms with Crippen LogP contribution in [0.3, 0.4) is 0 Å². The van der Waals surface area contributed by atoms with Crippen LogP contribution in [-0.4, -0.2) is 56.0 Å². The second-order valence-corrected chi connectivity index (χ2v) is 4.93. The average Bonchev–Trinajstić information content (AvgIpc) is 2.66. The topological polar surface area (TPSA) is 125 Å². The number of nitrogens with one attached hydrogen (secondary N) is 1. The molecule has 1 aromatic rings. The van der Waals surface area contributed by atoms with E-state index >= 15 is 0 Å². The molecule has 1 aliphatic rings. The summed E-state index contributed by atoms with van der Waals surface area (Å²) in [5.74, 6) is 0. The van der Waals surface area contributed by atoms with E-state index in [9.17, 15) is 19.8 Å². The lowest BCUT2D eigenvalue weighted by Crippen LogP contribution is -2.42. The fourth-order valence-electron chi connectivity index (χ4n) is 1.93. The molecule has 106 valence electrons. The third-order valence-corrected chi connectivity index (χ3v) is 3.59. The van der Waals surface area contributed by atoms with Gasteiger partial charge in [0, 0.05) is 6.07 Å². The molecule has 0 radical (unpaired) electrons. The lowest BCUT2D eigenvalue weighted by atomic mass is 10.1. The van der Waals surface area contributed by atoms with Crippen LogP contribution in [0.4, 0.5) is 0 Å². The van der Waals surface area contributed by atoms with Crippen molar-refractivity contribution in [3.63, 3.8) is 0 Å². The highest BCUT2D eigenvalue weighted by molar-refractivity contribution is 7.98. The molecule has 8 nitrogen and oxygen atoms in total. The monoisotopic (exact) mass is 290 g/mol. The predicted octanol–water partition coefficient (Wildman–Crippen LogP) is -2.13. The predicted molar refractivity (Wildman–Crippen MR) is 66.1 cm³/mol. The Hall–Kier alpha value is -1.13. The van der Waals surface area contributed by atoms with Gasteiger partial charge in [0.05, 0.1) is 11.6 Å². The fourth-order valence-corrected chi connectivity index (χ4v) is 2.34. The van der Waals surface area contributed by atoms with E-state index < -0.39 is 42.4 Å². The number of rotatable bonds is 3. The zero-order valence-corrected chi connectivity index (χ0v) is 10.8. The minimum absolute atomic E-state index is 0.387. The lowest BCUT2D eigenvalue weighted by Gasteiger charge is -2.16. The Bertz CT molecular complexity index is 539. The highest BCUT2D eigenvalue weighted by Gasteiger charge is 2.44. The van der Waals surface area contributed by atoms with Crippen molar-refractivity contribution in [1.82, 2.24) is 9.55 Å². The quantitative estimate of drug-likeness (QED) is 0.370. The second kappa shape index (κ2) is 5.47. The van der Waals surface area contributed by atoms with E-state index in [1.165, 1.54) is 17.8 Å². The molecule has 0 bridgehead atoms. The molecule has 4 atom stereocenters. The molecule has 1 aromatic heterocycles. The smallest absolute Gasteiger partial charge is 0.331 e. The first-order chi connectivity index (χ1) is 8.99. The molecule has 1 saturated heterocycles. The Morgan fingerprint density at radius 1 is 1.42 bits per heavy atom. The summed E-state index contributed by atoms with van der Waals surface area (Å²) in [4.78, 5) is 26.1. The molecule has 4 N–H and O–H groups in total. The normalized spacial score (nSPS) is 30.7. The number of nitrogens with zero attached hydrogens (tertiary/aromatic N) is 1. The van der Waals surface area contributed by atoms with E-state index in [1.807, 2.05) is 0 Å². The van der Waals surface area contributed by atoms with Crippen LogP contribution in [0, 0.1) is 0 Å². The van der Waals surface area contributed by atoms with Crippen LogP contribution in [0.25, 0.3) is 0 Å². The Kier molecular flexibility index (Phi) is 4.11. The largest absolute Gasteiger partial charge is 0.394 e. The first kappa shape index (κ1) is 14.3. The van der Waals surface area contributed by atoms with Crippen molar-refractivity contribution in [2.24, 2.45) is 0 Å². The zero-order valence-electron chi connectivity index (χ0n) is 10.0. The van der Waals surface area contributed by atoms with E-state index in [1.54, 1.807) is 6.26 Å². The minimum Gasteiger partial charge on any atom is -0.394 e. The van der Waals surface area contributed by atoms with Crippen LogP contribution in [0.15, 0.2) is 20.7 Å². The molecule has 0 saturated carbocycles. The van der Waals surface area contributed by atoms with Crippen LogP contribution in [0.5, 0.6) is 0 Å². The van der Waals surface area contributed by atoms with Gasteiger partial charge in [0.1, 0.15) is 18.3 Å². The van der Waals surface area contributed by atoms with E-state index in [0.29, 0.717) is 9.59 Å². The third-order valence-electron chi connectivity index (χ3n) is 2.93. The molecular weight excluding hydrogens is 276 g/mol. The Balaban J connectivity index is 2.44. The highest BCUT2D eigenvalue weighted by Crippen LogP contribution is 2.27. The molecule has 0 aliphatic carbocycles. The number of hydrogen-bond donors (Lipinski definition) is 4. The summed E-state index contributed by atoms with van der Waals surface area (Å²) in [5, 5.41) is 28.7. The number of aromatic amines is 1. The molecule has 0 unspecified atom stereocenters. The van der Waals surface area contributed by atoms with Gasteiger partial charge in [-0.2, -0.15) is 0 Å². The first-order valence-electron chi connectivity index (χ1n) is 5.52. The summed E-state index contributed by atoms with van der Waals surface area (Å²) in [6.45, 7) is -0.524. The van der Waals surface area contributed by atoms with Gasteiger partial charge < -0.3 is 25.0 Å². The SMILES string of the molecule is CSc1cc(=O)n([C@H]2O[C@@H](CO)[C@@H](O)[C@H]2O)c(=O)[nH]1. The summed E-state index contributed by atoms with van der Waals surface area (Å²) in [5.41, 5.74) is -1.39. The molecule has 0 amide bonds. The summed E-state index contributed by atoms with van der Waals surface area (Å²) in [6, 6.07) is 1.20. The Labute approximate surface area is 111 Å². The van der Waals surface area contributed by atoms with Crippen molar-refractivity contribution < 1.29 is 20.1 Å². The summed E-state index contributed by atoms with van der Waals surface area (Å²) in [6.07, 6.45) is -3.48. The van der Waals surface area contributed by atoms with Crippen LogP contribution in [0.1, 0.15) is 6.23 Å². The molecule has 1 fully saturated rings. The van der Waals surface area contributed by atoms with E-state index in [4.69, 9.17) is 9.84 Å². The maximum Gasteiger partial charge on any atom is 0.331 e. The second-order valence-electron chi connectivity index (χ2n) is 4.08. The zero-order chi connectivity index (χ0) is 14.2. The van der Waals surface area contributed by atoms with Gasteiger partial charge in [-0.3, -0.25) is 4.79 Å². The van der Waals surface area contributed by atoms with Gasteiger partial charge in [-0.25, -0.2) is 9.36 Å². The van der Waals surface area contributed by atoms with Gasteiger partial charge in [-0.1, -0.05) is 0 Å². The minimum atomic E-state index is -1.46. The average molecular weight is 290 g/mol. The van der Waals surface area contributed by atoms with Crippen molar-refractivity contribution in [3.05, 3.63) is 26.9 Å². The summed E-state index contributed by atoms with van der Waals surface area (Å²) >= 11 is 1.19. The summed E-state index contributed by atoms with van der Waals surface area (Å²) < 4.78 is 5.83. The van der Waals surface area contributed by atoms with Crippen molar-refractivity contribution in [1.29, 1.82) is 0 Å². The third kappa shape index (κ3) is 2.47. The highest BCUT2D eigenvalue weighted by atomic mass is 32.2. The maximum absolute atomic E-state index is 11.8. The van der Waals surface area contributed by atoms with Crippen molar-refractivity contribution >= 4 is 11.8 Å². The van der Waals surface area contributed by atoms with Gasteiger partial charge in [0.2, 0.25) is 0 Å². The standard InChI is InChI=1S/C10H14N2O6S/c1-19-5-2-6(14)12(10(17)11-5)9-8(16)7(15)4(3-13)18-9/h2,4,7-9,13,15-16H,3H2,1H3,(H,11,17)/t4-,7+,8+,9-/m0/s1. The maximum atomic E-state index is 11.8. The van der Waals surface area contributed by atoms with Gasteiger partial charge in [-0.05, 0) is 6.26 Å². The first-order valence-corrected chi connectivity index (χ1v) is 6.74. The summed E-state index contributed by atoms with van der Waals surface area (Å²) in [7, 11) is 0. The van der Waals surface area contributed by atoms with E-state index in [2.05, 4.69) is 4.98 Å². The van der Waals surface area contributed by atoms with Gasteiger partial charge in [0.25, 0.3) is 5.56 Å². The van der Waals surface area contributed by atoms with Crippen molar-refractivity contribution in [3.8, 4) is 0 Å². The number of ether oxygens (including phenoxy) is 1. The number of aliphatic hydroxyl groups excluding tert-OH is 3. The lowest BCUT2D eigenvalue weighted by molar-refractivity contribution is -0.0566. The number of hydrogen-bond acceptors (Lipinski definition) is 7. The van der Waals surface area contributed by atoms with E-state index in [0.717, 1.165) is 0 Å². The molecule has 0 aromatic carbocycles. The number of H-pyrrole nitrogens is 1. The molecule has 0 spiro atoms. The molecule has 2 heterocycles. The Morgan fingerprint density at radius 3 is 2.58 bits per heavy atom. The van der Waals surface area contributed by atoms with Crippen LogP contribution in [-0.2, 0) is 4.74 Å². The van der Waals surface area contributed by atoms with Crippen molar-refractivity contribution in [2.75, 3.05) is 12.9 Å². The number of aromatic nitrogens is 2. The van der Waals surface area contributed by atoms with E-state index in [-0.39, 0.29) is 0 Å². The Morgan fingerprint density at radius 2 is 2.11 bits per heavy atom. The number of aliphatic hydroxyl groups is 3. The van der Waals surface area contributed by atoms with Crippen LogP contribution >= 0.6 is 11.8 Å².